The fourth-order valence-electron chi connectivity index (χ4n) is 4.73. The van der Waals surface area contributed by atoms with Gasteiger partial charge in [-0.05, 0) is 36.4 Å². The molecule has 0 saturated heterocycles. The standard InChI is InChI=1S/C28H18N4/c1-3-11-19(12-4-1)31-23-17-9-7-15-21(23)25-27(31)30-28-26(29-25)22-16-8-10-18-24(22)32(28)20-13-5-2-6-14-20/h1-18H. The highest BCUT2D eigenvalue weighted by atomic mass is 15.1. The molecule has 0 radical (unpaired) electrons. The summed E-state index contributed by atoms with van der Waals surface area (Å²) in [5, 5.41) is 2.22. The molecule has 0 aliphatic carbocycles. The first-order chi connectivity index (χ1) is 15.9. The van der Waals surface area contributed by atoms with E-state index in [2.05, 4.69) is 106 Å². The Kier molecular flexibility index (Phi) is 3.52. The first-order valence-electron chi connectivity index (χ1n) is 10.7. The molecule has 0 amide bonds. The first-order valence-corrected chi connectivity index (χ1v) is 10.7. The molecule has 7 aromatic rings. The van der Waals surface area contributed by atoms with E-state index in [1.807, 2.05) is 12.1 Å². The van der Waals surface area contributed by atoms with Gasteiger partial charge in [-0.15, -0.1) is 0 Å². The van der Waals surface area contributed by atoms with Gasteiger partial charge in [0.05, 0.1) is 11.0 Å². The van der Waals surface area contributed by atoms with E-state index in [-0.39, 0.29) is 0 Å². The van der Waals surface area contributed by atoms with Gasteiger partial charge >= 0.3 is 0 Å². The number of rotatable bonds is 2. The van der Waals surface area contributed by atoms with Crippen LogP contribution in [0, 0.1) is 0 Å². The molecule has 4 heteroatoms. The Labute approximate surface area is 184 Å². The Morgan fingerprint density at radius 2 is 0.812 bits per heavy atom. The summed E-state index contributed by atoms with van der Waals surface area (Å²) >= 11 is 0. The molecule has 0 aliphatic heterocycles. The van der Waals surface area contributed by atoms with E-state index in [9.17, 15) is 0 Å². The van der Waals surface area contributed by atoms with Gasteiger partial charge in [-0.1, -0.05) is 72.8 Å². The fraction of sp³-hybridized carbons (Fsp3) is 0. The van der Waals surface area contributed by atoms with Crippen LogP contribution >= 0.6 is 0 Å². The molecule has 0 bridgehead atoms. The Balaban J connectivity index is 1.71. The van der Waals surface area contributed by atoms with Gasteiger partial charge in [0.25, 0.3) is 0 Å². The van der Waals surface area contributed by atoms with Crippen LogP contribution in [0.2, 0.25) is 0 Å². The lowest BCUT2D eigenvalue weighted by Gasteiger charge is -2.08. The SMILES string of the molecule is c1ccc(-n2c3ccccc3c3nc4c5ccccc5n(-c5ccccc5)c4nc32)cc1. The van der Waals surface area contributed by atoms with Crippen molar-refractivity contribution in [3.8, 4) is 11.4 Å². The molecule has 0 aliphatic rings. The summed E-state index contributed by atoms with van der Waals surface area (Å²) in [6, 6.07) is 37.6. The maximum absolute atomic E-state index is 5.27. The number of para-hydroxylation sites is 4. The maximum atomic E-state index is 5.27. The van der Waals surface area contributed by atoms with Crippen LogP contribution in [0.1, 0.15) is 0 Å². The van der Waals surface area contributed by atoms with Crippen LogP contribution in [-0.4, -0.2) is 19.1 Å². The van der Waals surface area contributed by atoms with Crippen LogP contribution < -0.4 is 0 Å². The van der Waals surface area contributed by atoms with Crippen LogP contribution in [0.25, 0.3) is 55.5 Å². The van der Waals surface area contributed by atoms with Crippen molar-refractivity contribution < 1.29 is 0 Å². The van der Waals surface area contributed by atoms with Crippen molar-refractivity contribution in [3.63, 3.8) is 0 Å². The van der Waals surface area contributed by atoms with Gasteiger partial charge in [-0.3, -0.25) is 9.13 Å². The molecule has 4 aromatic carbocycles. The highest BCUT2D eigenvalue weighted by molar-refractivity contribution is 6.12. The zero-order valence-corrected chi connectivity index (χ0v) is 17.2. The summed E-state index contributed by atoms with van der Waals surface area (Å²) < 4.78 is 4.42. The Bertz CT molecular complexity index is 1630. The van der Waals surface area contributed by atoms with Crippen molar-refractivity contribution in [2.24, 2.45) is 0 Å². The predicted molar refractivity (Wildman–Crippen MR) is 131 cm³/mol. The predicted octanol–water partition coefficient (Wildman–Crippen LogP) is 6.67. The van der Waals surface area contributed by atoms with Crippen molar-refractivity contribution in [1.29, 1.82) is 0 Å². The third-order valence-electron chi connectivity index (χ3n) is 6.11. The van der Waals surface area contributed by atoms with E-state index >= 15 is 0 Å². The zero-order valence-electron chi connectivity index (χ0n) is 17.2. The number of hydrogen-bond acceptors (Lipinski definition) is 2. The van der Waals surface area contributed by atoms with Gasteiger partial charge in [-0.2, -0.15) is 0 Å². The highest BCUT2D eigenvalue weighted by Gasteiger charge is 2.20. The molecule has 32 heavy (non-hydrogen) atoms. The Morgan fingerprint density at radius 3 is 1.28 bits per heavy atom. The molecule has 0 atom stereocenters. The van der Waals surface area contributed by atoms with E-state index in [0.29, 0.717) is 0 Å². The average Bonchev–Trinajstić information content (AvgIpc) is 3.36. The number of benzene rings is 4. The van der Waals surface area contributed by atoms with E-state index < -0.39 is 0 Å². The summed E-state index contributed by atoms with van der Waals surface area (Å²) in [4.78, 5) is 10.5. The topological polar surface area (TPSA) is 35.6 Å². The third-order valence-corrected chi connectivity index (χ3v) is 6.11. The lowest BCUT2D eigenvalue weighted by atomic mass is 10.2. The van der Waals surface area contributed by atoms with Gasteiger partial charge in [0.2, 0.25) is 0 Å². The van der Waals surface area contributed by atoms with E-state index in [4.69, 9.17) is 9.97 Å². The lowest BCUT2D eigenvalue weighted by molar-refractivity contribution is 1.10. The molecule has 0 saturated carbocycles. The number of fused-ring (bicyclic) bond motifs is 6. The number of aromatic nitrogens is 4. The molecule has 0 N–H and O–H groups in total. The van der Waals surface area contributed by atoms with Gasteiger partial charge in [0.15, 0.2) is 11.3 Å². The molecule has 4 nitrogen and oxygen atoms in total. The minimum absolute atomic E-state index is 0.866. The second-order valence-electron chi connectivity index (χ2n) is 7.94. The van der Waals surface area contributed by atoms with E-state index in [1.165, 1.54) is 0 Å². The monoisotopic (exact) mass is 410 g/mol. The van der Waals surface area contributed by atoms with Crippen molar-refractivity contribution in [1.82, 2.24) is 19.1 Å². The molecule has 7 rings (SSSR count). The summed E-state index contributed by atoms with van der Waals surface area (Å²) in [6.45, 7) is 0. The summed E-state index contributed by atoms with van der Waals surface area (Å²) in [6.07, 6.45) is 0. The first kappa shape index (κ1) is 17.3. The normalized spacial score (nSPS) is 11.8. The van der Waals surface area contributed by atoms with Crippen molar-refractivity contribution in [2.75, 3.05) is 0 Å². The molecule has 3 aromatic heterocycles. The number of hydrogen-bond donors (Lipinski definition) is 0. The molecule has 3 heterocycles. The van der Waals surface area contributed by atoms with Gasteiger partial charge in [0, 0.05) is 22.1 Å². The largest absolute Gasteiger partial charge is 0.292 e. The van der Waals surface area contributed by atoms with Gasteiger partial charge in [-0.25, -0.2) is 9.97 Å². The fourth-order valence-corrected chi connectivity index (χ4v) is 4.73. The second kappa shape index (κ2) is 6.53. The molecule has 150 valence electrons. The van der Waals surface area contributed by atoms with Crippen LogP contribution in [-0.2, 0) is 0 Å². The van der Waals surface area contributed by atoms with Crippen LogP contribution in [0.4, 0.5) is 0 Å². The van der Waals surface area contributed by atoms with Crippen LogP contribution in [0.5, 0.6) is 0 Å². The Hall–Kier alpha value is -4.44. The maximum Gasteiger partial charge on any atom is 0.166 e. The minimum Gasteiger partial charge on any atom is -0.292 e. The summed E-state index contributed by atoms with van der Waals surface area (Å²) in [7, 11) is 0. The van der Waals surface area contributed by atoms with Crippen LogP contribution in [0.3, 0.4) is 0 Å². The summed E-state index contributed by atoms with van der Waals surface area (Å²) in [5.74, 6) is 0. The van der Waals surface area contributed by atoms with Crippen LogP contribution in [0.15, 0.2) is 109 Å². The molecular formula is C28H18N4. The zero-order chi connectivity index (χ0) is 21.1. The molecule has 0 spiro atoms. The Morgan fingerprint density at radius 1 is 0.406 bits per heavy atom. The van der Waals surface area contributed by atoms with Crippen molar-refractivity contribution in [2.45, 2.75) is 0 Å². The quantitative estimate of drug-likeness (QED) is 0.319. The molecule has 0 unspecified atom stereocenters. The third kappa shape index (κ3) is 2.32. The van der Waals surface area contributed by atoms with Gasteiger partial charge < -0.3 is 0 Å². The summed E-state index contributed by atoms with van der Waals surface area (Å²) in [5.41, 5.74) is 7.95. The molecular weight excluding hydrogens is 392 g/mol. The smallest absolute Gasteiger partial charge is 0.166 e. The van der Waals surface area contributed by atoms with Gasteiger partial charge in [0.1, 0.15) is 11.0 Å². The van der Waals surface area contributed by atoms with E-state index in [1.54, 1.807) is 0 Å². The van der Waals surface area contributed by atoms with Crippen molar-refractivity contribution in [3.05, 3.63) is 109 Å². The van der Waals surface area contributed by atoms with E-state index in [0.717, 1.165) is 55.5 Å². The minimum atomic E-state index is 0.866. The lowest BCUT2D eigenvalue weighted by Crippen LogP contribution is -1.99. The highest BCUT2D eigenvalue weighted by Crippen LogP contribution is 2.35. The molecule has 0 fully saturated rings. The van der Waals surface area contributed by atoms with Crippen molar-refractivity contribution >= 4 is 44.1 Å². The number of nitrogens with zero attached hydrogens (tertiary/aromatic N) is 4. The average molecular weight is 410 g/mol. The second-order valence-corrected chi connectivity index (χ2v) is 7.94.